The molecule has 0 saturated carbocycles. The molecular formula is C18H20FN5O. The van der Waals surface area contributed by atoms with Crippen molar-refractivity contribution in [2.75, 3.05) is 6.54 Å². The lowest BCUT2D eigenvalue weighted by atomic mass is 10.1. The van der Waals surface area contributed by atoms with Crippen molar-refractivity contribution in [3.63, 3.8) is 0 Å². The highest BCUT2D eigenvalue weighted by Gasteiger charge is 2.17. The first-order valence-corrected chi connectivity index (χ1v) is 8.05. The van der Waals surface area contributed by atoms with Crippen molar-refractivity contribution >= 4 is 0 Å². The van der Waals surface area contributed by atoms with Gasteiger partial charge in [-0.3, -0.25) is 4.98 Å². The van der Waals surface area contributed by atoms with E-state index in [-0.39, 0.29) is 11.9 Å². The number of benzene rings is 1. The third-order valence-electron chi connectivity index (χ3n) is 4.12. The Balaban J connectivity index is 1.68. The van der Waals surface area contributed by atoms with Crippen molar-refractivity contribution in [3.8, 4) is 5.69 Å². The largest absolute Gasteiger partial charge is 0.387 e. The Labute approximate surface area is 145 Å². The van der Waals surface area contributed by atoms with E-state index in [9.17, 15) is 9.50 Å². The molecule has 2 N–H and O–H groups in total. The Kier molecular flexibility index (Phi) is 5.16. The quantitative estimate of drug-likeness (QED) is 0.720. The first-order chi connectivity index (χ1) is 12.1. The van der Waals surface area contributed by atoms with E-state index in [1.54, 1.807) is 41.3 Å². The van der Waals surface area contributed by atoms with Gasteiger partial charge in [0.1, 0.15) is 11.5 Å². The van der Waals surface area contributed by atoms with Gasteiger partial charge < -0.3 is 10.4 Å². The zero-order valence-electron chi connectivity index (χ0n) is 14.1. The van der Waals surface area contributed by atoms with Crippen LogP contribution in [-0.4, -0.2) is 31.6 Å². The van der Waals surface area contributed by atoms with Crippen LogP contribution in [0.3, 0.4) is 0 Å². The summed E-state index contributed by atoms with van der Waals surface area (Å²) in [6.07, 6.45) is 2.68. The van der Waals surface area contributed by atoms with E-state index in [4.69, 9.17) is 0 Å². The topological polar surface area (TPSA) is 75.9 Å². The normalized spacial score (nSPS) is 13.6. The molecule has 2 heterocycles. The average Bonchev–Trinajstić information content (AvgIpc) is 3.02. The van der Waals surface area contributed by atoms with E-state index in [2.05, 4.69) is 20.6 Å². The Morgan fingerprint density at radius 2 is 1.84 bits per heavy atom. The summed E-state index contributed by atoms with van der Waals surface area (Å²) in [4.78, 5) is 3.94. The average molecular weight is 341 g/mol. The molecule has 0 amide bonds. The minimum absolute atomic E-state index is 0.0920. The molecule has 1 aromatic carbocycles. The number of pyridine rings is 1. The van der Waals surface area contributed by atoms with Gasteiger partial charge in [0.2, 0.25) is 0 Å². The molecule has 3 rings (SSSR count). The van der Waals surface area contributed by atoms with E-state index in [1.165, 1.54) is 12.1 Å². The zero-order valence-corrected chi connectivity index (χ0v) is 14.1. The van der Waals surface area contributed by atoms with Crippen molar-refractivity contribution in [2.45, 2.75) is 26.0 Å². The van der Waals surface area contributed by atoms with E-state index < -0.39 is 6.10 Å². The van der Waals surface area contributed by atoms with Gasteiger partial charge in [-0.05, 0) is 55.8 Å². The molecule has 7 heteroatoms. The maximum atomic E-state index is 13.1. The minimum atomic E-state index is -0.627. The summed E-state index contributed by atoms with van der Waals surface area (Å²) in [5.74, 6) is -0.290. The maximum Gasteiger partial charge on any atom is 0.123 e. The first-order valence-electron chi connectivity index (χ1n) is 8.05. The van der Waals surface area contributed by atoms with Gasteiger partial charge in [0.05, 0.1) is 23.5 Å². The number of halogens is 1. The summed E-state index contributed by atoms with van der Waals surface area (Å²) in [6, 6.07) is 9.58. The number of nitrogens with one attached hydrogen (secondary N) is 1. The van der Waals surface area contributed by atoms with Gasteiger partial charge in [-0.25, -0.2) is 9.07 Å². The molecule has 2 aromatic heterocycles. The highest BCUT2D eigenvalue weighted by atomic mass is 19.1. The van der Waals surface area contributed by atoms with Gasteiger partial charge in [0, 0.05) is 18.9 Å². The summed E-state index contributed by atoms with van der Waals surface area (Å²) in [5, 5.41) is 21.9. The third kappa shape index (κ3) is 3.89. The first kappa shape index (κ1) is 17.2. The standard InChI is InChI=1S/C18H20FN5O/c1-12(21-11-17(25)14-7-9-20-10-8-14)18-13(2)24(23-22-18)16-5-3-15(19)4-6-16/h3-10,12,17,21,25H,11H2,1-2H3. The lowest BCUT2D eigenvalue weighted by Gasteiger charge is -2.16. The Bertz CT molecular complexity index is 819. The second kappa shape index (κ2) is 7.50. The molecule has 0 radical (unpaired) electrons. The van der Waals surface area contributed by atoms with Gasteiger partial charge in [0.15, 0.2) is 0 Å². The van der Waals surface area contributed by atoms with Gasteiger partial charge in [-0.2, -0.15) is 0 Å². The minimum Gasteiger partial charge on any atom is -0.387 e. The van der Waals surface area contributed by atoms with Gasteiger partial charge in [-0.15, -0.1) is 5.10 Å². The fraction of sp³-hybridized carbons (Fsp3) is 0.278. The van der Waals surface area contributed by atoms with E-state index in [0.29, 0.717) is 6.54 Å². The molecule has 2 unspecified atom stereocenters. The zero-order chi connectivity index (χ0) is 17.8. The second-order valence-electron chi connectivity index (χ2n) is 5.87. The van der Waals surface area contributed by atoms with Crippen molar-refractivity contribution < 1.29 is 9.50 Å². The number of aliphatic hydroxyl groups is 1. The summed E-state index contributed by atoms with van der Waals surface area (Å²) >= 11 is 0. The number of hydrogen-bond donors (Lipinski definition) is 2. The highest BCUT2D eigenvalue weighted by molar-refractivity contribution is 5.33. The lowest BCUT2D eigenvalue weighted by molar-refractivity contribution is 0.170. The Morgan fingerprint density at radius 1 is 1.16 bits per heavy atom. The molecule has 6 nitrogen and oxygen atoms in total. The fourth-order valence-corrected chi connectivity index (χ4v) is 2.66. The number of hydrogen-bond acceptors (Lipinski definition) is 5. The molecule has 3 aromatic rings. The second-order valence-corrected chi connectivity index (χ2v) is 5.87. The Hall–Kier alpha value is -2.64. The molecule has 25 heavy (non-hydrogen) atoms. The maximum absolute atomic E-state index is 13.1. The SMILES string of the molecule is Cc1c(C(C)NCC(O)c2ccncc2)nnn1-c1ccc(F)cc1. The van der Waals surface area contributed by atoms with Gasteiger partial charge >= 0.3 is 0 Å². The van der Waals surface area contributed by atoms with Crippen molar-refractivity contribution in [1.29, 1.82) is 0 Å². The van der Waals surface area contributed by atoms with Crippen LogP contribution in [0.1, 0.15) is 36.0 Å². The molecule has 0 spiro atoms. The smallest absolute Gasteiger partial charge is 0.123 e. The molecule has 0 aliphatic heterocycles. The van der Waals surface area contributed by atoms with E-state index >= 15 is 0 Å². The summed E-state index contributed by atoms with van der Waals surface area (Å²) in [5.41, 5.74) is 3.21. The predicted octanol–water partition coefficient (Wildman–Crippen LogP) is 2.49. The van der Waals surface area contributed by atoms with E-state index in [1.807, 2.05) is 13.8 Å². The van der Waals surface area contributed by atoms with Gasteiger partial charge in [-0.1, -0.05) is 5.21 Å². The number of rotatable bonds is 6. The molecular weight excluding hydrogens is 321 g/mol. The number of nitrogens with zero attached hydrogens (tertiary/aromatic N) is 4. The highest BCUT2D eigenvalue weighted by Crippen LogP contribution is 2.19. The predicted molar refractivity (Wildman–Crippen MR) is 91.7 cm³/mol. The van der Waals surface area contributed by atoms with Crippen LogP contribution in [0.15, 0.2) is 48.8 Å². The Morgan fingerprint density at radius 3 is 2.52 bits per heavy atom. The van der Waals surface area contributed by atoms with Crippen LogP contribution in [0.25, 0.3) is 5.69 Å². The summed E-state index contributed by atoms with van der Waals surface area (Å²) < 4.78 is 14.7. The van der Waals surface area contributed by atoms with Crippen LogP contribution >= 0.6 is 0 Å². The van der Waals surface area contributed by atoms with Crippen LogP contribution in [0.2, 0.25) is 0 Å². The van der Waals surface area contributed by atoms with E-state index in [0.717, 1.165) is 22.6 Å². The molecule has 0 bridgehead atoms. The summed E-state index contributed by atoms with van der Waals surface area (Å²) in [6.45, 7) is 4.26. The van der Waals surface area contributed by atoms with Crippen molar-refractivity contribution in [1.82, 2.24) is 25.3 Å². The molecule has 0 fully saturated rings. The molecule has 2 atom stereocenters. The molecule has 0 aliphatic carbocycles. The van der Waals surface area contributed by atoms with Crippen molar-refractivity contribution in [2.24, 2.45) is 0 Å². The molecule has 130 valence electrons. The lowest BCUT2D eigenvalue weighted by Crippen LogP contribution is -2.25. The van der Waals surface area contributed by atoms with Crippen LogP contribution < -0.4 is 5.32 Å². The third-order valence-corrected chi connectivity index (χ3v) is 4.12. The fourth-order valence-electron chi connectivity index (χ4n) is 2.66. The van der Waals surface area contributed by atoms with Crippen LogP contribution in [0.5, 0.6) is 0 Å². The van der Waals surface area contributed by atoms with Crippen LogP contribution in [0.4, 0.5) is 4.39 Å². The summed E-state index contributed by atoms with van der Waals surface area (Å²) in [7, 11) is 0. The van der Waals surface area contributed by atoms with Crippen LogP contribution in [0, 0.1) is 12.7 Å². The van der Waals surface area contributed by atoms with Crippen LogP contribution in [-0.2, 0) is 0 Å². The van der Waals surface area contributed by atoms with Crippen molar-refractivity contribution in [3.05, 3.63) is 71.6 Å². The monoisotopic (exact) mass is 341 g/mol. The molecule has 0 aliphatic rings. The molecule has 0 saturated heterocycles. The number of aromatic nitrogens is 4. The van der Waals surface area contributed by atoms with Gasteiger partial charge in [0.25, 0.3) is 0 Å². The number of aliphatic hydroxyl groups excluding tert-OH is 1.